The van der Waals surface area contributed by atoms with Gasteiger partial charge in [0.1, 0.15) is 0 Å². The zero-order chi connectivity index (χ0) is 19.6. The first-order valence-corrected chi connectivity index (χ1v) is 9.80. The van der Waals surface area contributed by atoms with E-state index in [4.69, 9.17) is 0 Å². The molecule has 2 aromatic rings. The molecule has 1 aromatic carbocycles. The van der Waals surface area contributed by atoms with Crippen LogP contribution in [0.4, 0.5) is 0 Å². The Morgan fingerprint density at radius 1 is 1.04 bits per heavy atom. The molecule has 144 valence electrons. The maximum Gasteiger partial charge on any atom is 0.254 e. The number of carbonyl (C=O) groups is 2. The lowest BCUT2D eigenvalue weighted by Gasteiger charge is -2.42. The van der Waals surface area contributed by atoms with Crippen LogP contribution < -0.4 is 5.56 Å². The molecule has 0 N–H and O–H groups in total. The predicted octanol–water partition coefficient (Wildman–Crippen LogP) is 2.07. The molecule has 0 saturated carbocycles. The third-order valence-corrected chi connectivity index (χ3v) is 6.42. The standard InChI is InChI=1S/C22H23N3O3/c1-13(26)24-9-14-5-18(12-24)20-7-16(8-21(27)25(20)10-14)15-3-4-19-17(6-15)11-23(2)22(19)28/h3-4,6-8,14,18H,5,9-12H2,1-2H3/t14-,18+/m0/s1. The van der Waals surface area contributed by atoms with Crippen LogP contribution in [0.15, 0.2) is 35.1 Å². The summed E-state index contributed by atoms with van der Waals surface area (Å²) in [5.41, 5.74) is 4.64. The monoisotopic (exact) mass is 377 g/mol. The number of nitrogens with zero attached hydrogens (tertiary/aromatic N) is 3. The van der Waals surface area contributed by atoms with Crippen LogP contribution in [0.25, 0.3) is 11.1 Å². The van der Waals surface area contributed by atoms with Crippen LogP contribution in [0, 0.1) is 5.92 Å². The van der Waals surface area contributed by atoms with E-state index in [-0.39, 0.29) is 23.3 Å². The van der Waals surface area contributed by atoms with E-state index in [1.165, 1.54) is 0 Å². The highest BCUT2D eigenvalue weighted by Gasteiger charge is 2.35. The molecule has 4 heterocycles. The first-order valence-electron chi connectivity index (χ1n) is 9.80. The number of benzene rings is 1. The summed E-state index contributed by atoms with van der Waals surface area (Å²) in [4.78, 5) is 40.5. The SMILES string of the molecule is CC(=O)N1C[C@@H]2C[C@H](C1)c1cc(-c3ccc4c(c3)CN(C)C4=O)cc(=O)n1C2. The minimum absolute atomic E-state index is 0.0205. The second-order valence-electron chi connectivity index (χ2n) is 8.37. The second-order valence-corrected chi connectivity index (χ2v) is 8.37. The van der Waals surface area contributed by atoms with Crippen molar-refractivity contribution in [2.24, 2.45) is 5.92 Å². The molecule has 0 unspecified atom stereocenters. The fourth-order valence-electron chi connectivity index (χ4n) is 5.03. The fraction of sp³-hybridized carbons (Fsp3) is 0.409. The Hall–Kier alpha value is -2.89. The van der Waals surface area contributed by atoms with E-state index in [2.05, 4.69) is 6.07 Å². The summed E-state index contributed by atoms with van der Waals surface area (Å²) in [7, 11) is 1.80. The van der Waals surface area contributed by atoms with Crippen molar-refractivity contribution < 1.29 is 9.59 Å². The summed E-state index contributed by atoms with van der Waals surface area (Å²) >= 11 is 0. The lowest BCUT2D eigenvalue weighted by Crippen LogP contribution is -2.48. The van der Waals surface area contributed by atoms with Crippen molar-refractivity contribution in [3.63, 3.8) is 0 Å². The molecule has 0 radical (unpaired) electrons. The van der Waals surface area contributed by atoms with Gasteiger partial charge in [-0.1, -0.05) is 6.07 Å². The average Bonchev–Trinajstić information content (AvgIpc) is 2.95. The van der Waals surface area contributed by atoms with Gasteiger partial charge >= 0.3 is 0 Å². The molecule has 6 nitrogen and oxygen atoms in total. The fourth-order valence-corrected chi connectivity index (χ4v) is 5.03. The first kappa shape index (κ1) is 17.2. The average molecular weight is 377 g/mol. The Bertz CT molecular complexity index is 1070. The molecule has 1 aromatic heterocycles. The number of piperidine rings is 1. The summed E-state index contributed by atoms with van der Waals surface area (Å²) in [5, 5.41) is 0. The summed E-state index contributed by atoms with van der Waals surface area (Å²) in [6.45, 7) is 4.32. The van der Waals surface area contributed by atoms with Crippen molar-refractivity contribution in [3.05, 3.63) is 57.5 Å². The van der Waals surface area contributed by atoms with Gasteiger partial charge in [-0.15, -0.1) is 0 Å². The molecule has 5 rings (SSSR count). The van der Waals surface area contributed by atoms with E-state index in [0.29, 0.717) is 25.6 Å². The van der Waals surface area contributed by atoms with Crippen molar-refractivity contribution in [2.75, 3.05) is 20.1 Å². The number of hydrogen-bond donors (Lipinski definition) is 0. The molecule has 3 aliphatic heterocycles. The molecule has 0 spiro atoms. The topological polar surface area (TPSA) is 62.6 Å². The van der Waals surface area contributed by atoms with E-state index >= 15 is 0 Å². The van der Waals surface area contributed by atoms with Gasteiger partial charge in [0.15, 0.2) is 0 Å². The van der Waals surface area contributed by atoms with Crippen LogP contribution in [-0.2, 0) is 17.9 Å². The van der Waals surface area contributed by atoms with Gasteiger partial charge in [0.05, 0.1) is 0 Å². The van der Waals surface area contributed by atoms with E-state index in [1.54, 1.807) is 24.9 Å². The number of fused-ring (bicyclic) bond motifs is 5. The lowest BCUT2D eigenvalue weighted by atomic mass is 9.82. The largest absolute Gasteiger partial charge is 0.342 e. The Morgan fingerprint density at radius 3 is 2.64 bits per heavy atom. The zero-order valence-corrected chi connectivity index (χ0v) is 16.1. The zero-order valence-electron chi connectivity index (χ0n) is 16.1. The third-order valence-electron chi connectivity index (χ3n) is 6.42. The minimum Gasteiger partial charge on any atom is -0.342 e. The molecule has 0 aliphatic carbocycles. The normalized spacial score (nSPS) is 22.9. The van der Waals surface area contributed by atoms with Gasteiger partial charge in [-0.25, -0.2) is 0 Å². The van der Waals surface area contributed by atoms with Crippen LogP contribution in [0.5, 0.6) is 0 Å². The second kappa shape index (κ2) is 6.06. The van der Waals surface area contributed by atoms with Crippen molar-refractivity contribution in [1.82, 2.24) is 14.4 Å². The Labute approximate surface area is 163 Å². The van der Waals surface area contributed by atoms with E-state index in [1.807, 2.05) is 27.7 Å². The van der Waals surface area contributed by atoms with Crippen molar-refractivity contribution >= 4 is 11.8 Å². The molecule has 2 bridgehead atoms. The summed E-state index contributed by atoms with van der Waals surface area (Å²) in [6.07, 6.45) is 1.02. The Morgan fingerprint density at radius 2 is 1.86 bits per heavy atom. The highest BCUT2D eigenvalue weighted by atomic mass is 16.2. The number of likely N-dealkylation sites (tertiary alicyclic amines) is 1. The molecule has 2 atom stereocenters. The number of carbonyl (C=O) groups excluding carboxylic acids is 2. The molecule has 1 saturated heterocycles. The van der Waals surface area contributed by atoms with Gasteiger partial charge in [-0.2, -0.15) is 0 Å². The lowest BCUT2D eigenvalue weighted by molar-refractivity contribution is -0.131. The smallest absolute Gasteiger partial charge is 0.254 e. The van der Waals surface area contributed by atoms with Crippen LogP contribution in [0.3, 0.4) is 0 Å². The Balaban J connectivity index is 1.56. The number of hydrogen-bond acceptors (Lipinski definition) is 3. The number of pyridine rings is 1. The third kappa shape index (κ3) is 2.58. The van der Waals surface area contributed by atoms with Crippen LogP contribution in [0.2, 0.25) is 0 Å². The van der Waals surface area contributed by atoms with Gasteiger partial charge in [0, 0.05) is 63.4 Å². The molecular weight excluding hydrogens is 354 g/mol. The van der Waals surface area contributed by atoms with Crippen LogP contribution in [-0.4, -0.2) is 46.3 Å². The van der Waals surface area contributed by atoms with E-state index in [9.17, 15) is 14.4 Å². The quantitative estimate of drug-likeness (QED) is 0.764. The highest BCUT2D eigenvalue weighted by molar-refractivity contribution is 5.98. The van der Waals surface area contributed by atoms with Gasteiger partial charge < -0.3 is 14.4 Å². The summed E-state index contributed by atoms with van der Waals surface area (Å²) in [5.74, 6) is 0.699. The van der Waals surface area contributed by atoms with E-state index < -0.39 is 0 Å². The van der Waals surface area contributed by atoms with Gasteiger partial charge in [-0.3, -0.25) is 14.4 Å². The maximum absolute atomic E-state index is 12.9. The molecule has 6 heteroatoms. The van der Waals surface area contributed by atoms with Crippen molar-refractivity contribution in [2.45, 2.75) is 32.4 Å². The molecule has 28 heavy (non-hydrogen) atoms. The maximum atomic E-state index is 12.9. The van der Waals surface area contributed by atoms with Gasteiger partial charge in [0.25, 0.3) is 11.5 Å². The number of aromatic nitrogens is 1. The highest BCUT2D eigenvalue weighted by Crippen LogP contribution is 2.37. The Kier molecular flexibility index (Phi) is 3.73. The predicted molar refractivity (Wildman–Crippen MR) is 105 cm³/mol. The minimum atomic E-state index is 0.0205. The first-order chi connectivity index (χ1) is 13.4. The van der Waals surface area contributed by atoms with Gasteiger partial charge in [-0.05, 0) is 47.2 Å². The van der Waals surface area contributed by atoms with Crippen molar-refractivity contribution in [3.8, 4) is 11.1 Å². The molecule has 1 fully saturated rings. The van der Waals surface area contributed by atoms with Gasteiger partial charge in [0.2, 0.25) is 5.91 Å². The van der Waals surface area contributed by atoms with Crippen molar-refractivity contribution in [1.29, 1.82) is 0 Å². The number of amides is 2. The van der Waals surface area contributed by atoms with Crippen LogP contribution >= 0.6 is 0 Å². The summed E-state index contributed by atoms with van der Waals surface area (Å²) < 4.78 is 1.89. The van der Waals surface area contributed by atoms with E-state index in [0.717, 1.165) is 40.9 Å². The van der Waals surface area contributed by atoms with Crippen LogP contribution in [0.1, 0.15) is 40.9 Å². The molecular formula is C22H23N3O3. The summed E-state index contributed by atoms with van der Waals surface area (Å²) in [6, 6.07) is 9.62. The molecule has 2 amide bonds. The number of rotatable bonds is 1. The molecule has 3 aliphatic rings.